The van der Waals surface area contributed by atoms with Crippen molar-refractivity contribution >= 4 is 17.2 Å². The van der Waals surface area contributed by atoms with E-state index in [4.69, 9.17) is 0 Å². The molecule has 132 valence electrons. The molecule has 3 aromatic rings. The van der Waals surface area contributed by atoms with Crippen molar-refractivity contribution in [2.45, 2.75) is 32.5 Å². The molecule has 1 aliphatic rings. The lowest BCUT2D eigenvalue weighted by atomic mass is 10.0. The van der Waals surface area contributed by atoms with Crippen molar-refractivity contribution in [1.29, 1.82) is 0 Å². The van der Waals surface area contributed by atoms with Gasteiger partial charge in [0.1, 0.15) is 0 Å². The lowest BCUT2D eigenvalue weighted by Crippen LogP contribution is -2.27. The predicted molar refractivity (Wildman–Crippen MR) is 105 cm³/mol. The van der Waals surface area contributed by atoms with E-state index in [0.29, 0.717) is 13.0 Å². The molecule has 0 bridgehead atoms. The van der Waals surface area contributed by atoms with Gasteiger partial charge in [0, 0.05) is 36.5 Å². The molecule has 1 amide bonds. The maximum atomic E-state index is 12.4. The summed E-state index contributed by atoms with van der Waals surface area (Å²) in [6.07, 6.45) is 0.460. The normalized spacial score (nSPS) is 15.7. The summed E-state index contributed by atoms with van der Waals surface area (Å²) in [4.78, 5) is 16.9. The van der Waals surface area contributed by atoms with Gasteiger partial charge in [0.05, 0.1) is 10.7 Å². The highest BCUT2D eigenvalue weighted by atomic mass is 32.1. The molecule has 2 aromatic carbocycles. The van der Waals surface area contributed by atoms with Gasteiger partial charge in [0.2, 0.25) is 5.91 Å². The van der Waals surface area contributed by atoms with Gasteiger partial charge in [-0.3, -0.25) is 4.79 Å². The van der Waals surface area contributed by atoms with E-state index in [2.05, 4.69) is 45.3 Å². The van der Waals surface area contributed by atoms with E-state index in [9.17, 15) is 4.79 Å². The van der Waals surface area contributed by atoms with Gasteiger partial charge in [-0.25, -0.2) is 4.98 Å². The molecular formula is C21H21N3OS. The van der Waals surface area contributed by atoms with Crippen LogP contribution < -0.4 is 10.6 Å². The molecule has 0 spiro atoms. The third-order valence-corrected chi connectivity index (χ3v) is 5.46. The summed E-state index contributed by atoms with van der Waals surface area (Å²) in [5.74, 6) is 0.0640. The van der Waals surface area contributed by atoms with Crippen LogP contribution in [-0.4, -0.2) is 10.9 Å². The van der Waals surface area contributed by atoms with Crippen molar-refractivity contribution in [3.63, 3.8) is 0 Å². The monoisotopic (exact) mass is 363 g/mol. The van der Waals surface area contributed by atoms with Crippen LogP contribution in [0.4, 0.5) is 0 Å². The fraction of sp³-hybridized carbons (Fsp3) is 0.238. The van der Waals surface area contributed by atoms with Crippen molar-refractivity contribution in [3.05, 3.63) is 75.6 Å². The number of carbonyl (C=O) groups excluding carboxylic acids is 1. The Kier molecular flexibility index (Phi) is 4.82. The first-order chi connectivity index (χ1) is 12.7. The Morgan fingerprint density at radius 2 is 2.15 bits per heavy atom. The van der Waals surface area contributed by atoms with Gasteiger partial charge in [-0.2, -0.15) is 0 Å². The highest BCUT2D eigenvalue weighted by Crippen LogP contribution is 2.27. The van der Waals surface area contributed by atoms with E-state index in [1.165, 1.54) is 11.1 Å². The molecule has 5 heteroatoms. The van der Waals surface area contributed by atoms with E-state index in [0.717, 1.165) is 28.4 Å². The average molecular weight is 363 g/mol. The standard InChI is InChI=1S/C21H21N3OS/c1-14-24-20(13-26-14)16-7-4-5-15(9-16)11-23-21(25)10-19-18-8-3-2-6-17(18)12-22-19/h2-9,13,19,22H,10-12H2,1H3,(H,23,25). The molecule has 1 atom stereocenters. The molecule has 26 heavy (non-hydrogen) atoms. The number of nitrogens with one attached hydrogen (secondary N) is 2. The highest BCUT2D eigenvalue weighted by molar-refractivity contribution is 7.09. The Morgan fingerprint density at radius 3 is 3.00 bits per heavy atom. The molecule has 0 saturated carbocycles. The van der Waals surface area contributed by atoms with Crippen molar-refractivity contribution in [1.82, 2.24) is 15.6 Å². The SMILES string of the molecule is Cc1nc(-c2cccc(CNC(=O)CC3NCc4ccccc43)c2)cs1. The van der Waals surface area contributed by atoms with E-state index in [1.807, 2.05) is 31.2 Å². The maximum absolute atomic E-state index is 12.4. The highest BCUT2D eigenvalue weighted by Gasteiger charge is 2.23. The molecule has 4 rings (SSSR count). The molecule has 0 saturated heterocycles. The van der Waals surface area contributed by atoms with E-state index in [1.54, 1.807) is 11.3 Å². The van der Waals surface area contributed by atoms with Crippen LogP contribution in [0.15, 0.2) is 53.9 Å². The molecule has 2 N–H and O–H groups in total. The number of carbonyl (C=O) groups is 1. The van der Waals surface area contributed by atoms with Crippen molar-refractivity contribution in [2.24, 2.45) is 0 Å². The predicted octanol–water partition coefficient (Wildman–Crippen LogP) is 3.97. The van der Waals surface area contributed by atoms with Crippen molar-refractivity contribution in [3.8, 4) is 11.3 Å². The molecule has 2 heterocycles. The first kappa shape index (κ1) is 16.9. The number of aryl methyl sites for hydroxylation is 1. The lowest BCUT2D eigenvalue weighted by Gasteiger charge is -2.12. The summed E-state index contributed by atoms with van der Waals surface area (Å²) in [7, 11) is 0. The average Bonchev–Trinajstić information content (AvgIpc) is 3.27. The first-order valence-corrected chi connectivity index (χ1v) is 9.66. The number of fused-ring (bicyclic) bond motifs is 1. The molecular weight excluding hydrogens is 342 g/mol. The quantitative estimate of drug-likeness (QED) is 0.721. The van der Waals surface area contributed by atoms with Gasteiger partial charge in [-0.15, -0.1) is 11.3 Å². The summed E-state index contributed by atoms with van der Waals surface area (Å²) >= 11 is 1.65. The summed E-state index contributed by atoms with van der Waals surface area (Å²) < 4.78 is 0. The smallest absolute Gasteiger partial charge is 0.222 e. The zero-order valence-electron chi connectivity index (χ0n) is 14.7. The third kappa shape index (κ3) is 3.69. The molecule has 0 radical (unpaired) electrons. The number of aromatic nitrogens is 1. The van der Waals surface area contributed by atoms with Crippen molar-refractivity contribution < 1.29 is 4.79 Å². The summed E-state index contributed by atoms with van der Waals surface area (Å²) in [5, 5.41) is 9.58. The Hall–Kier alpha value is -2.50. The van der Waals surface area contributed by atoms with E-state index < -0.39 is 0 Å². The van der Waals surface area contributed by atoms with Crippen LogP contribution in [0, 0.1) is 6.92 Å². The Balaban J connectivity index is 1.36. The van der Waals surface area contributed by atoms with Gasteiger partial charge in [-0.1, -0.05) is 42.5 Å². The van der Waals surface area contributed by atoms with Gasteiger partial charge >= 0.3 is 0 Å². The third-order valence-electron chi connectivity index (χ3n) is 4.69. The number of hydrogen-bond acceptors (Lipinski definition) is 4. The molecule has 0 fully saturated rings. The Morgan fingerprint density at radius 1 is 1.27 bits per heavy atom. The zero-order chi connectivity index (χ0) is 17.9. The summed E-state index contributed by atoms with van der Waals surface area (Å²) in [6.45, 7) is 3.38. The number of benzene rings is 2. The van der Waals surface area contributed by atoms with Crippen LogP contribution >= 0.6 is 11.3 Å². The second-order valence-corrected chi connectivity index (χ2v) is 7.63. The largest absolute Gasteiger partial charge is 0.352 e. The minimum atomic E-state index is 0.0640. The van der Waals surface area contributed by atoms with Gasteiger partial charge in [0.15, 0.2) is 0 Å². The van der Waals surface area contributed by atoms with Crippen LogP contribution in [0.5, 0.6) is 0 Å². The fourth-order valence-corrected chi connectivity index (χ4v) is 3.98. The summed E-state index contributed by atoms with van der Waals surface area (Å²) in [6, 6.07) is 16.6. The minimum Gasteiger partial charge on any atom is -0.352 e. The maximum Gasteiger partial charge on any atom is 0.222 e. The lowest BCUT2D eigenvalue weighted by molar-refractivity contribution is -0.121. The minimum absolute atomic E-state index is 0.0640. The number of thiazole rings is 1. The number of rotatable bonds is 5. The van der Waals surface area contributed by atoms with Crippen molar-refractivity contribution in [2.75, 3.05) is 0 Å². The molecule has 4 nitrogen and oxygen atoms in total. The fourth-order valence-electron chi connectivity index (χ4n) is 3.36. The van der Waals surface area contributed by atoms with E-state index >= 15 is 0 Å². The number of hydrogen-bond donors (Lipinski definition) is 2. The summed E-state index contributed by atoms with van der Waals surface area (Å²) in [5.41, 5.74) is 5.70. The van der Waals surface area contributed by atoms with Gasteiger partial charge < -0.3 is 10.6 Å². The van der Waals surface area contributed by atoms with Crippen LogP contribution in [-0.2, 0) is 17.9 Å². The van der Waals surface area contributed by atoms with Crippen LogP contribution in [0.1, 0.15) is 34.2 Å². The topological polar surface area (TPSA) is 54.0 Å². The molecule has 1 unspecified atom stereocenters. The van der Waals surface area contributed by atoms with E-state index in [-0.39, 0.29) is 11.9 Å². The molecule has 0 aliphatic carbocycles. The van der Waals surface area contributed by atoms with Crippen LogP contribution in [0.3, 0.4) is 0 Å². The second kappa shape index (κ2) is 7.40. The first-order valence-electron chi connectivity index (χ1n) is 8.78. The zero-order valence-corrected chi connectivity index (χ0v) is 15.5. The second-order valence-electron chi connectivity index (χ2n) is 6.57. The number of amides is 1. The molecule has 1 aromatic heterocycles. The molecule has 1 aliphatic heterocycles. The van der Waals surface area contributed by atoms with Crippen LogP contribution in [0.2, 0.25) is 0 Å². The Bertz CT molecular complexity index is 934. The number of nitrogens with zero attached hydrogens (tertiary/aromatic N) is 1. The van der Waals surface area contributed by atoms with Crippen LogP contribution in [0.25, 0.3) is 11.3 Å². The Labute approximate surface area is 157 Å². The van der Waals surface area contributed by atoms with Gasteiger partial charge in [0.25, 0.3) is 0 Å². The van der Waals surface area contributed by atoms with Gasteiger partial charge in [-0.05, 0) is 29.7 Å².